The van der Waals surface area contributed by atoms with E-state index in [9.17, 15) is 9.90 Å². The van der Waals surface area contributed by atoms with Crippen molar-refractivity contribution < 1.29 is 19.4 Å². The van der Waals surface area contributed by atoms with Crippen LogP contribution >= 0.6 is 0 Å². The Morgan fingerprint density at radius 2 is 1.95 bits per heavy atom. The number of hydrogen-bond acceptors (Lipinski definition) is 4. The highest BCUT2D eigenvalue weighted by Crippen LogP contribution is 2.07. The van der Waals surface area contributed by atoms with Gasteiger partial charge in [-0.05, 0) is 26.3 Å². The van der Waals surface area contributed by atoms with Gasteiger partial charge in [-0.3, -0.25) is 0 Å². The summed E-state index contributed by atoms with van der Waals surface area (Å²) in [6.45, 7) is 5.81. The normalized spacial score (nSPS) is 12.8. The van der Waals surface area contributed by atoms with Crippen LogP contribution < -0.4 is 5.32 Å². The van der Waals surface area contributed by atoms with Gasteiger partial charge in [-0.15, -0.1) is 0 Å². The summed E-state index contributed by atoms with van der Waals surface area (Å²) in [6.07, 6.45) is -0.970. The molecule has 2 N–H and O–H groups in total. The molecule has 20 heavy (non-hydrogen) atoms. The summed E-state index contributed by atoms with van der Waals surface area (Å²) >= 11 is 0. The van der Waals surface area contributed by atoms with Crippen LogP contribution in [0.15, 0.2) is 30.3 Å². The van der Waals surface area contributed by atoms with Crippen LogP contribution in [0.3, 0.4) is 0 Å². The molecule has 1 atom stereocenters. The molecule has 1 unspecified atom stereocenters. The van der Waals surface area contributed by atoms with Gasteiger partial charge in [0.15, 0.2) is 0 Å². The molecule has 0 aliphatic carbocycles. The van der Waals surface area contributed by atoms with Crippen molar-refractivity contribution in [2.24, 2.45) is 0 Å². The maximum atomic E-state index is 11.5. The van der Waals surface area contributed by atoms with Crippen LogP contribution in [-0.2, 0) is 16.1 Å². The zero-order valence-electron chi connectivity index (χ0n) is 12.3. The van der Waals surface area contributed by atoms with Crippen LogP contribution in [-0.4, -0.2) is 36.1 Å². The summed E-state index contributed by atoms with van der Waals surface area (Å²) < 4.78 is 10.6. The number of amides is 1. The summed E-state index contributed by atoms with van der Waals surface area (Å²) in [7, 11) is 0. The molecular weight excluding hydrogens is 258 g/mol. The van der Waals surface area contributed by atoms with Gasteiger partial charge in [0.1, 0.15) is 5.60 Å². The summed E-state index contributed by atoms with van der Waals surface area (Å²) in [4.78, 5) is 11.5. The molecule has 0 spiro atoms. The predicted octanol–water partition coefficient (Wildman–Crippen LogP) is 2.09. The number of benzene rings is 1. The van der Waals surface area contributed by atoms with Gasteiger partial charge in [-0.1, -0.05) is 30.3 Å². The summed E-state index contributed by atoms with van der Waals surface area (Å²) in [5.74, 6) is 0. The Labute approximate surface area is 119 Å². The number of aliphatic hydroxyl groups excluding tert-OH is 1. The SMILES string of the molecule is CC(C)(C)OC(=O)NCC(CO)OCc1ccccc1. The topological polar surface area (TPSA) is 67.8 Å². The molecule has 0 radical (unpaired) electrons. The van der Waals surface area contributed by atoms with Gasteiger partial charge in [-0.2, -0.15) is 0 Å². The van der Waals surface area contributed by atoms with E-state index in [-0.39, 0.29) is 13.2 Å². The highest BCUT2D eigenvalue weighted by atomic mass is 16.6. The summed E-state index contributed by atoms with van der Waals surface area (Å²) in [5.41, 5.74) is 0.479. The first kappa shape index (κ1) is 16.5. The van der Waals surface area contributed by atoms with Crippen molar-refractivity contribution in [2.75, 3.05) is 13.2 Å². The standard InChI is InChI=1S/C15H23NO4/c1-15(2,3)20-14(18)16-9-13(10-17)19-11-12-7-5-4-6-8-12/h4-8,13,17H,9-11H2,1-3H3,(H,16,18). The molecule has 5 nitrogen and oxygen atoms in total. The number of alkyl carbamates (subject to hydrolysis) is 1. The van der Waals surface area contributed by atoms with Crippen molar-refractivity contribution in [1.82, 2.24) is 5.32 Å². The number of carbonyl (C=O) groups is 1. The average molecular weight is 281 g/mol. The number of ether oxygens (including phenoxy) is 2. The van der Waals surface area contributed by atoms with Crippen molar-refractivity contribution >= 4 is 6.09 Å². The van der Waals surface area contributed by atoms with Crippen LogP contribution in [0, 0.1) is 0 Å². The van der Waals surface area contributed by atoms with E-state index in [2.05, 4.69) is 5.32 Å². The molecule has 1 rings (SSSR count). The van der Waals surface area contributed by atoms with Crippen LogP contribution in [0.25, 0.3) is 0 Å². The molecule has 0 heterocycles. The van der Waals surface area contributed by atoms with Crippen molar-refractivity contribution in [3.8, 4) is 0 Å². The fourth-order valence-corrected chi connectivity index (χ4v) is 1.48. The molecule has 0 saturated heterocycles. The van der Waals surface area contributed by atoms with Crippen molar-refractivity contribution in [2.45, 2.75) is 39.1 Å². The quantitative estimate of drug-likeness (QED) is 0.838. The van der Waals surface area contributed by atoms with Crippen molar-refractivity contribution in [3.05, 3.63) is 35.9 Å². The van der Waals surface area contributed by atoms with E-state index in [1.807, 2.05) is 30.3 Å². The smallest absolute Gasteiger partial charge is 0.407 e. The first-order valence-electron chi connectivity index (χ1n) is 6.64. The lowest BCUT2D eigenvalue weighted by atomic mass is 10.2. The first-order valence-corrected chi connectivity index (χ1v) is 6.64. The first-order chi connectivity index (χ1) is 9.40. The van der Waals surface area contributed by atoms with E-state index in [1.165, 1.54) is 0 Å². The van der Waals surface area contributed by atoms with Gasteiger partial charge >= 0.3 is 6.09 Å². The Morgan fingerprint density at radius 1 is 1.30 bits per heavy atom. The lowest BCUT2D eigenvalue weighted by Crippen LogP contribution is -2.39. The number of nitrogens with one attached hydrogen (secondary N) is 1. The zero-order chi connectivity index (χ0) is 15.0. The second-order valence-corrected chi connectivity index (χ2v) is 5.48. The Bertz CT molecular complexity index is 400. The molecular formula is C15H23NO4. The van der Waals surface area contributed by atoms with Crippen LogP contribution in [0.5, 0.6) is 0 Å². The highest BCUT2D eigenvalue weighted by molar-refractivity contribution is 5.67. The molecule has 1 amide bonds. The second-order valence-electron chi connectivity index (χ2n) is 5.48. The third-order valence-electron chi connectivity index (χ3n) is 2.41. The lowest BCUT2D eigenvalue weighted by Gasteiger charge is -2.21. The number of carbonyl (C=O) groups excluding carboxylic acids is 1. The molecule has 0 aliphatic heterocycles. The summed E-state index contributed by atoms with van der Waals surface area (Å²) in [5, 5.41) is 11.8. The Hall–Kier alpha value is -1.59. The van der Waals surface area contributed by atoms with Gasteiger partial charge in [0.05, 0.1) is 19.3 Å². The van der Waals surface area contributed by atoms with Gasteiger partial charge in [0.25, 0.3) is 0 Å². The number of aliphatic hydroxyl groups is 1. The van der Waals surface area contributed by atoms with Gasteiger partial charge in [0.2, 0.25) is 0 Å². The Balaban J connectivity index is 2.31. The average Bonchev–Trinajstić information content (AvgIpc) is 2.38. The van der Waals surface area contributed by atoms with E-state index in [1.54, 1.807) is 20.8 Å². The van der Waals surface area contributed by atoms with E-state index in [0.29, 0.717) is 6.61 Å². The number of rotatable bonds is 6. The largest absolute Gasteiger partial charge is 0.444 e. The Morgan fingerprint density at radius 3 is 2.50 bits per heavy atom. The molecule has 0 bridgehead atoms. The number of hydrogen-bond donors (Lipinski definition) is 2. The second kappa shape index (κ2) is 7.87. The molecule has 0 aromatic heterocycles. The van der Waals surface area contributed by atoms with E-state index < -0.39 is 17.8 Å². The predicted molar refractivity (Wildman–Crippen MR) is 76.3 cm³/mol. The molecule has 1 aromatic rings. The van der Waals surface area contributed by atoms with Crippen LogP contribution in [0.2, 0.25) is 0 Å². The minimum Gasteiger partial charge on any atom is -0.444 e. The monoisotopic (exact) mass is 281 g/mol. The van der Waals surface area contributed by atoms with Crippen molar-refractivity contribution in [3.63, 3.8) is 0 Å². The van der Waals surface area contributed by atoms with Crippen molar-refractivity contribution in [1.29, 1.82) is 0 Å². The fraction of sp³-hybridized carbons (Fsp3) is 0.533. The summed E-state index contributed by atoms with van der Waals surface area (Å²) in [6, 6.07) is 9.65. The highest BCUT2D eigenvalue weighted by Gasteiger charge is 2.17. The third kappa shape index (κ3) is 7.11. The van der Waals surface area contributed by atoms with Gasteiger partial charge < -0.3 is 19.9 Å². The van der Waals surface area contributed by atoms with E-state index >= 15 is 0 Å². The third-order valence-corrected chi connectivity index (χ3v) is 2.41. The lowest BCUT2D eigenvalue weighted by molar-refractivity contribution is -0.000379. The minimum atomic E-state index is -0.538. The fourth-order valence-electron chi connectivity index (χ4n) is 1.48. The van der Waals surface area contributed by atoms with E-state index in [4.69, 9.17) is 9.47 Å². The molecule has 5 heteroatoms. The molecule has 1 aromatic carbocycles. The minimum absolute atomic E-state index is 0.164. The molecule has 112 valence electrons. The van der Waals surface area contributed by atoms with Gasteiger partial charge in [-0.25, -0.2) is 4.79 Å². The maximum absolute atomic E-state index is 11.5. The zero-order valence-corrected chi connectivity index (χ0v) is 12.3. The van der Waals surface area contributed by atoms with E-state index in [0.717, 1.165) is 5.56 Å². The molecule has 0 aliphatic rings. The molecule has 0 fully saturated rings. The van der Waals surface area contributed by atoms with Gasteiger partial charge in [0, 0.05) is 6.54 Å². The van der Waals surface area contributed by atoms with Crippen LogP contribution in [0.1, 0.15) is 26.3 Å². The maximum Gasteiger partial charge on any atom is 0.407 e. The molecule has 0 saturated carbocycles. The Kier molecular flexibility index (Phi) is 6.48. The van der Waals surface area contributed by atoms with Crippen LogP contribution in [0.4, 0.5) is 4.79 Å².